The number of carbonyl (C=O) groups excluding carboxylic acids is 2. The van der Waals surface area contributed by atoms with Gasteiger partial charge in [-0.25, -0.2) is 0 Å². The quantitative estimate of drug-likeness (QED) is 0.646. The molecule has 0 bridgehead atoms. The number of fused-ring (bicyclic) bond motifs is 3. The summed E-state index contributed by atoms with van der Waals surface area (Å²) in [7, 11) is 0. The fraction of sp³-hybridized carbons (Fsp3) is 0.615. The predicted octanol–water partition coefficient (Wildman–Crippen LogP) is 3.86. The van der Waals surface area contributed by atoms with Crippen LogP contribution < -0.4 is 0 Å². The van der Waals surface area contributed by atoms with E-state index in [-0.39, 0.29) is 23.6 Å². The van der Waals surface area contributed by atoms with Crippen LogP contribution in [0.5, 0.6) is 0 Å². The molecular weight excluding hydrogens is 408 g/mol. The molecule has 2 N–H and O–H groups in total. The third-order valence-electron chi connectivity index (χ3n) is 10.1. The summed E-state index contributed by atoms with van der Waals surface area (Å²) in [6.45, 7) is 9.42. The van der Waals surface area contributed by atoms with E-state index < -0.39 is 45.1 Å². The van der Waals surface area contributed by atoms with Gasteiger partial charge >= 0.3 is 0 Å². The second kappa shape index (κ2) is 5.48. The van der Waals surface area contributed by atoms with E-state index >= 15 is 0 Å². The van der Waals surface area contributed by atoms with Gasteiger partial charge in [-0.2, -0.15) is 0 Å². The van der Waals surface area contributed by atoms with Crippen molar-refractivity contribution in [1.82, 2.24) is 0 Å². The highest BCUT2D eigenvalue weighted by Crippen LogP contribution is 2.81. The Kier molecular flexibility index (Phi) is 3.50. The molecule has 0 aromatic carbocycles. The molecule has 5 aliphatic rings. The Morgan fingerprint density at radius 1 is 1.12 bits per heavy atom. The van der Waals surface area contributed by atoms with Crippen molar-refractivity contribution in [2.24, 2.45) is 27.6 Å². The minimum Gasteiger partial charge on any atom is -0.504 e. The van der Waals surface area contributed by atoms with Gasteiger partial charge in [0.2, 0.25) is 5.78 Å². The molecule has 2 saturated carbocycles. The van der Waals surface area contributed by atoms with E-state index in [4.69, 9.17) is 9.15 Å². The lowest BCUT2D eigenvalue weighted by Crippen LogP contribution is -2.70. The highest BCUT2D eigenvalue weighted by Gasteiger charge is 2.88. The average molecular weight is 439 g/mol. The number of rotatable bonds is 1. The van der Waals surface area contributed by atoms with Gasteiger partial charge in [-0.05, 0) is 62.8 Å². The highest BCUT2D eigenvalue weighted by atomic mass is 16.6. The van der Waals surface area contributed by atoms with Crippen molar-refractivity contribution in [2.75, 3.05) is 0 Å². The molecular formula is C26H30O6. The second-order valence-electron chi connectivity index (χ2n) is 11.7. The topological polar surface area (TPSA) is 100 Å². The van der Waals surface area contributed by atoms with Crippen LogP contribution in [0, 0.1) is 27.6 Å². The van der Waals surface area contributed by atoms with E-state index in [2.05, 4.69) is 6.92 Å². The number of epoxide rings is 1. The largest absolute Gasteiger partial charge is 0.504 e. The number of aliphatic hydroxyl groups is 2. The summed E-state index contributed by atoms with van der Waals surface area (Å²) in [5, 5.41) is 23.1. The Labute approximate surface area is 187 Å². The van der Waals surface area contributed by atoms with Crippen molar-refractivity contribution in [3.05, 3.63) is 47.6 Å². The van der Waals surface area contributed by atoms with Gasteiger partial charge in [0.05, 0.1) is 35.6 Å². The molecule has 6 rings (SSSR count). The first-order valence-corrected chi connectivity index (χ1v) is 11.5. The third-order valence-corrected chi connectivity index (χ3v) is 10.1. The summed E-state index contributed by atoms with van der Waals surface area (Å²) in [6.07, 6.45) is 7.02. The van der Waals surface area contributed by atoms with Crippen LogP contribution in [-0.2, 0) is 14.3 Å². The second-order valence-corrected chi connectivity index (χ2v) is 11.7. The van der Waals surface area contributed by atoms with Crippen LogP contribution in [0.1, 0.15) is 58.9 Å². The molecule has 1 aromatic heterocycles. The molecule has 6 nitrogen and oxygen atoms in total. The Bertz CT molecular complexity index is 1130. The lowest BCUT2D eigenvalue weighted by molar-refractivity contribution is -0.187. The van der Waals surface area contributed by atoms with E-state index in [1.165, 1.54) is 0 Å². The van der Waals surface area contributed by atoms with Crippen LogP contribution in [0.2, 0.25) is 0 Å². The molecule has 1 aliphatic heterocycles. The number of ether oxygens (including phenoxy) is 1. The number of ketones is 2. The number of furan rings is 1. The normalized spacial score (nSPS) is 50.6. The maximum atomic E-state index is 14.1. The van der Waals surface area contributed by atoms with Gasteiger partial charge < -0.3 is 19.4 Å². The maximum Gasteiger partial charge on any atom is 0.206 e. The van der Waals surface area contributed by atoms with Crippen LogP contribution in [0.4, 0.5) is 0 Å². The lowest BCUT2D eigenvalue weighted by Gasteiger charge is -2.63. The summed E-state index contributed by atoms with van der Waals surface area (Å²) in [4.78, 5) is 26.8. The van der Waals surface area contributed by atoms with Gasteiger partial charge in [-0.3, -0.25) is 9.59 Å². The van der Waals surface area contributed by atoms with Gasteiger partial charge in [0.1, 0.15) is 5.60 Å². The molecule has 4 aliphatic carbocycles. The van der Waals surface area contributed by atoms with Crippen molar-refractivity contribution in [2.45, 2.75) is 71.2 Å². The summed E-state index contributed by atoms with van der Waals surface area (Å²) in [5.74, 6) is -1.33. The molecule has 0 radical (unpaired) electrons. The first-order chi connectivity index (χ1) is 14.9. The van der Waals surface area contributed by atoms with Crippen LogP contribution in [0.3, 0.4) is 0 Å². The molecule has 0 unspecified atom stereocenters. The zero-order chi connectivity index (χ0) is 23.1. The van der Waals surface area contributed by atoms with Crippen molar-refractivity contribution in [3.8, 4) is 0 Å². The molecule has 170 valence electrons. The number of aliphatic hydroxyl groups excluding tert-OH is 2. The van der Waals surface area contributed by atoms with Gasteiger partial charge in [-0.15, -0.1) is 0 Å². The number of hydrogen-bond acceptors (Lipinski definition) is 6. The monoisotopic (exact) mass is 438 g/mol. The van der Waals surface area contributed by atoms with Crippen LogP contribution >= 0.6 is 0 Å². The molecule has 32 heavy (non-hydrogen) atoms. The van der Waals surface area contributed by atoms with Gasteiger partial charge in [-0.1, -0.05) is 19.9 Å². The minimum atomic E-state index is -1.13. The summed E-state index contributed by atoms with van der Waals surface area (Å²) < 4.78 is 11.8. The maximum absolute atomic E-state index is 14.1. The summed E-state index contributed by atoms with van der Waals surface area (Å²) >= 11 is 0. The van der Waals surface area contributed by atoms with Crippen molar-refractivity contribution in [3.63, 3.8) is 0 Å². The number of hydrogen-bond donors (Lipinski definition) is 2. The first-order valence-electron chi connectivity index (χ1n) is 11.5. The summed E-state index contributed by atoms with van der Waals surface area (Å²) in [6, 6.07) is 1.95. The summed E-state index contributed by atoms with van der Waals surface area (Å²) in [5.41, 5.74) is -2.82. The number of Topliss-reactive ketones (excluding diaryl/α,β-unsaturated/α-hetero) is 1. The lowest BCUT2D eigenvalue weighted by atomic mass is 9.38. The van der Waals surface area contributed by atoms with Crippen molar-refractivity contribution in [1.29, 1.82) is 0 Å². The standard InChI is InChI=1S/C26H30O6/c1-22(2)16(28)6-8-23(3)19-15(27)11-24(4)14(13-7-9-31-12-13)10-17-26(24,32-17)25(19,5)21(30)18(29)20(22)23/h6-9,12,14-15,17,19,27,29H,10-11H2,1-5H3/t14-,15-,17-,19-,23-,24+,25+,26-/m1/s1. The van der Waals surface area contributed by atoms with Crippen molar-refractivity contribution >= 4 is 11.6 Å². The third kappa shape index (κ3) is 1.82. The average Bonchev–Trinajstić information content (AvgIpc) is 3.08. The van der Waals surface area contributed by atoms with Crippen LogP contribution in [0.15, 0.2) is 46.5 Å². The highest BCUT2D eigenvalue weighted by molar-refractivity contribution is 6.06. The van der Waals surface area contributed by atoms with E-state index in [9.17, 15) is 19.8 Å². The van der Waals surface area contributed by atoms with E-state index in [1.54, 1.807) is 38.5 Å². The Balaban J connectivity index is 1.60. The van der Waals surface area contributed by atoms with Crippen molar-refractivity contribution < 1.29 is 29.0 Å². The van der Waals surface area contributed by atoms with Gasteiger partial charge in [0.25, 0.3) is 0 Å². The molecule has 1 saturated heterocycles. The van der Waals surface area contributed by atoms with Gasteiger partial charge in [0.15, 0.2) is 11.5 Å². The van der Waals surface area contributed by atoms with E-state index in [0.29, 0.717) is 12.0 Å². The number of carbonyl (C=O) groups is 2. The fourth-order valence-corrected chi connectivity index (χ4v) is 8.95. The predicted molar refractivity (Wildman–Crippen MR) is 115 cm³/mol. The Morgan fingerprint density at radius 2 is 1.84 bits per heavy atom. The Hall–Kier alpha value is -2.18. The molecule has 1 aromatic rings. The first kappa shape index (κ1) is 20.4. The number of allylic oxidation sites excluding steroid dienone is 4. The zero-order valence-corrected chi connectivity index (χ0v) is 19.1. The minimum absolute atomic E-state index is 0.0838. The molecule has 0 amide bonds. The smallest absolute Gasteiger partial charge is 0.206 e. The molecule has 2 heterocycles. The van der Waals surface area contributed by atoms with Gasteiger partial charge in [0, 0.05) is 16.7 Å². The zero-order valence-electron chi connectivity index (χ0n) is 19.1. The molecule has 6 heteroatoms. The van der Waals surface area contributed by atoms with E-state index in [1.807, 2.05) is 19.9 Å². The van der Waals surface area contributed by atoms with Crippen LogP contribution in [0.25, 0.3) is 0 Å². The SMILES string of the molecule is CC1(C)C(=O)C=C[C@@]2(C)C1=C(O)C(=O)[C@]1(C)[C@@H]2[C@H](O)C[C@@]2(C)[C@@H](c3ccoc3)C[C@H]3O[C@]321. The molecule has 3 fully saturated rings. The van der Waals surface area contributed by atoms with Crippen LogP contribution in [-0.4, -0.2) is 39.6 Å². The molecule has 1 spiro atoms. The Morgan fingerprint density at radius 3 is 2.50 bits per heavy atom. The fourth-order valence-electron chi connectivity index (χ4n) is 8.95. The molecule has 8 atom stereocenters. The van der Waals surface area contributed by atoms with E-state index in [0.717, 1.165) is 12.0 Å².